The molecule has 1 amide bonds. The Bertz CT molecular complexity index is 542. The Morgan fingerprint density at radius 1 is 1.56 bits per heavy atom. The van der Waals surface area contributed by atoms with Gasteiger partial charge in [-0.1, -0.05) is 16.8 Å². The molecule has 10 heteroatoms. The molecule has 0 atom stereocenters. The van der Waals surface area contributed by atoms with E-state index < -0.39 is 0 Å². The summed E-state index contributed by atoms with van der Waals surface area (Å²) in [7, 11) is 0. The predicted molar refractivity (Wildman–Crippen MR) is 62.4 cm³/mol. The van der Waals surface area contributed by atoms with Crippen molar-refractivity contribution in [2.75, 3.05) is 5.43 Å². The molecular formula is C8H9ClN8O. The van der Waals surface area contributed by atoms with Gasteiger partial charge < -0.3 is 10.7 Å². The van der Waals surface area contributed by atoms with Crippen LogP contribution in [-0.2, 0) is 6.54 Å². The average Bonchev–Trinajstić information content (AvgIpc) is 2.89. The zero-order valence-electron chi connectivity index (χ0n) is 9.01. The van der Waals surface area contributed by atoms with Crippen LogP contribution in [0.5, 0.6) is 0 Å². The first-order valence-electron chi connectivity index (χ1n) is 4.83. The number of tetrazole rings is 1. The average molecular weight is 269 g/mol. The van der Waals surface area contributed by atoms with Crippen molar-refractivity contribution in [3.05, 3.63) is 28.7 Å². The fourth-order valence-electron chi connectivity index (χ4n) is 1.19. The Morgan fingerprint density at radius 2 is 2.39 bits per heavy atom. The van der Waals surface area contributed by atoms with Crippen LogP contribution in [0.3, 0.4) is 0 Å². The van der Waals surface area contributed by atoms with Crippen LogP contribution in [0.4, 0.5) is 5.82 Å². The highest BCUT2D eigenvalue weighted by atomic mass is 35.5. The summed E-state index contributed by atoms with van der Waals surface area (Å²) in [5.74, 6) is 5.50. The standard InChI is InChI=1S/C8H9ClN8O/c9-5-1-4(2-11-7(5)13-10)8(18)12-3-6-14-16-17-15-6/h1-2H,3,10H2,(H,11,13)(H,12,18)(H,14,15,16,17). The van der Waals surface area contributed by atoms with Gasteiger partial charge in [0.05, 0.1) is 17.1 Å². The van der Waals surface area contributed by atoms with E-state index in [1.165, 1.54) is 12.3 Å². The lowest BCUT2D eigenvalue weighted by Crippen LogP contribution is -2.23. The molecule has 2 aromatic rings. The Hall–Kier alpha value is -2.26. The molecule has 94 valence electrons. The maximum Gasteiger partial charge on any atom is 0.253 e. The van der Waals surface area contributed by atoms with E-state index in [-0.39, 0.29) is 17.5 Å². The Morgan fingerprint density at radius 3 is 3.00 bits per heavy atom. The van der Waals surface area contributed by atoms with Gasteiger partial charge in [-0.2, -0.15) is 5.21 Å². The van der Waals surface area contributed by atoms with Crippen LogP contribution in [0, 0.1) is 0 Å². The molecule has 0 radical (unpaired) electrons. The van der Waals surface area contributed by atoms with Gasteiger partial charge in [-0.25, -0.2) is 10.8 Å². The van der Waals surface area contributed by atoms with Crippen LogP contribution in [0.2, 0.25) is 5.02 Å². The number of carbonyl (C=O) groups excluding carboxylic acids is 1. The zero-order valence-corrected chi connectivity index (χ0v) is 9.77. The molecule has 0 saturated carbocycles. The minimum Gasteiger partial charge on any atom is -0.345 e. The molecule has 0 saturated heterocycles. The number of hydrazine groups is 1. The Labute approximate surface area is 106 Å². The number of nitrogens with zero attached hydrogens (tertiary/aromatic N) is 4. The SMILES string of the molecule is NNc1ncc(C(=O)NCc2nn[nH]n2)cc1Cl. The fraction of sp³-hybridized carbons (Fsp3) is 0.125. The molecule has 2 rings (SSSR count). The van der Waals surface area contributed by atoms with Crippen molar-refractivity contribution in [2.24, 2.45) is 5.84 Å². The zero-order chi connectivity index (χ0) is 13.0. The van der Waals surface area contributed by atoms with E-state index in [1.807, 2.05) is 0 Å². The highest BCUT2D eigenvalue weighted by molar-refractivity contribution is 6.33. The number of hydrogen-bond acceptors (Lipinski definition) is 7. The maximum atomic E-state index is 11.7. The number of hydrogen-bond donors (Lipinski definition) is 4. The van der Waals surface area contributed by atoms with E-state index in [2.05, 4.69) is 36.4 Å². The lowest BCUT2D eigenvalue weighted by molar-refractivity contribution is 0.0949. The van der Waals surface area contributed by atoms with Gasteiger partial charge in [-0.05, 0) is 6.07 Å². The summed E-state index contributed by atoms with van der Waals surface area (Å²) in [6, 6.07) is 1.45. The molecule has 0 aliphatic carbocycles. The number of aromatic nitrogens is 5. The number of rotatable bonds is 4. The van der Waals surface area contributed by atoms with Gasteiger partial charge in [0.2, 0.25) is 0 Å². The van der Waals surface area contributed by atoms with Crippen molar-refractivity contribution in [1.29, 1.82) is 0 Å². The summed E-state index contributed by atoms with van der Waals surface area (Å²) >= 11 is 5.85. The number of carbonyl (C=O) groups is 1. The number of pyridine rings is 1. The highest BCUT2D eigenvalue weighted by Gasteiger charge is 2.10. The van der Waals surface area contributed by atoms with E-state index in [1.54, 1.807) is 0 Å². The number of nitrogens with one attached hydrogen (secondary N) is 3. The molecule has 0 bridgehead atoms. The number of anilines is 1. The van der Waals surface area contributed by atoms with Crippen molar-refractivity contribution in [3.63, 3.8) is 0 Å². The summed E-state index contributed by atoms with van der Waals surface area (Å²) in [6.07, 6.45) is 1.35. The summed E-state index contributed by atoms with van der Waals surface area (Å²) in [4.78, 5) is 15.6. The quantitative estimate of drug-likeness (QED) is 0.432. The molecule has 0 unspecified atom stereocenters. The largest absolute Gasteiger partial charge is 0.345 e. The van der Waals surface area contributed by atoms with Gasteiger partial charge in [0.15, 0.2) is 11.6 Å². The van der Waals surface area contributed by atoms with Gasteiger partial charge in [0, 0.05) is 6.20 Å². The van der Waals surface area contributed by atoms with Crippen molar-refractivity contribution >= 4 is 23.3 Å². The number of aromatic amines is 1. The monoisotopic (exact) mass is 268 g/mol. The van der Waals surface area contributed by atoms with Crippen molar-refractivity contribution in [3.8, 4) is 0 Å². The van der Waals surface area contributed by atoms with Gasteiger partial charge in [-0.3, -0.25) is 4.79 Å². The lowest BCUT2D eigenvalue weighted by atomic mass is 10.2. The summed E-state index contributed by atoms with van der Waals surface area (Å²) in [5.41, 5.74) is 2.62. The minimum absolute atomic E-state index is 0.157. The first kappa shape index (κ1) is 12.2. The highest BCUT2D eigenvalue weighted by Crippen LogP contribution is 2.18. The molecule has 2 aromatic heterocycles. The third kappa shape index (κ3) is 2.70. The van der Waals surface area contributed by atoms with Crippen LogP contribution < -0.4 is 16.6 Å². The predicted octanol–water partition coefficient (Wildman–Crippen LogP) is -0.536. The van der Waals surface area contributed by atoms with E-state index in [0.717, 1.165) is 0 Å². The summed E-state index contributed by atoms with van der Waals surface area (Å²) < 4.78 is 0. The maximum absolute atomic E-state index is 11.7. The molecule has 9 nitrogen and oxygen atoms in total. The molecular weight excluding hydrogens is 260 g/mol. The van der Waals surface area contributed by atoms with Crippen molar-refractivity contribution in [2.45, 2.75) is 6.54 Å². The second-order valence-corrected chi connectivity index (χ2v) is 3.62. The Kier molecular flexibility index (Phi) is 3.65. The molecule has 0 fully saturated rings. The fourth-order valence-corrected chi connectivity index (χ4v) is 1.41. The van der Waals surface area contributed by atoms with E-state index >= 15 is 0 Å². The third-order valence-corrected chi connectivity index (χ3v) is 2.32. The number of halogens is 1. The smallest absolute Gasteiger partial charge is 0.253 e. The molecule has 2 heterocycles. The van der Waals surface area contributed by atoms with Crippen molar-refractivity contribution < 1.29 is 4.79 Å². The normalized spacial score (nSPS) is 10.1. The van der Waals surface area contributed by atoms with E-state index in [0.29, 0.717) is 17.2 Å². The summed E-state index contributed by atoms with van der Waals surface area (Å²) in [6.45, 7) is 0.157. The Balaban J connectivity index is 2.02. The van der Waals surface area contributed by atoms with Crippen LogP contribution >= 0.6 is 11.6 Å². The molecule has 0 aromatic carbocycles. The second-order valence-electron chi connectivity index (χ2n) is 3.21. The number of H-pyrrole nitrogens is 1. The second kappa shape index (κ2) is 5.38. The topological polar surface area (TPSA) is 134 Å². The first-order chi connectivity index (χ1) is 8.70. The first-order valence-corrected chi connectivity index (χ1v) is 5.21. The molecule has 5 N–H and O–H groups in total. The van der Waals surface area contributed by atoms with Crippen LogP contribution in [0.15, 0.2) is 12.3 Å². The molecule has 0 spiro atoms. The van der Waals surface area contributed by atoms with Gasteiger partial charge in [-0.15, -0.1) is 10.2 Å². The lowest BCUT2D eigenvalue weighted by Gasteiger charge is -2.05. The summed E-state index contributed by atoms with van der Waals surface area (Å²) in [5, 5.41) is 15.9. The number of amides is 1. The van der Waals surface area contributed by atoms with Crippen molar-refractivity contribution in [1.82, 2.24) is 30.9 Å². The van der Waals surface area contributed by atoms with Gasteiger partial charge >= 0.3 is 0 Å². The van der Waals surface area contributed by atoms with Crippen LogP contribution in [-0.4, -0.2) is 31.5 Å². The van der Waals surface area contributed by atoms with Crippen LogP contribution in [0.25, 0.3) is 0 Å². The molecule has 0 aliphatic rings. The molecule has 0 aliphatic heterocycles. The van der Waals surface area contributed by atoms with Gasteiger partial charge in [0.1, 0.15) is 0 Å². The third-order valence-electron chi connectivity index (χ3n) is 2.04. The number of nitrogens with two attached hydrogens (primary N) is 1. The molecule has 18 heavy (non-hydrogen) atoms. The van der Waals surface area contributed by atoms with E-state index in [4.69, 9.17) is 17.4 Å². The van der Waals surface area contributed by atoms with Crippen LogP contribution in [0.1, 0.15) is 16.2 Å². The minimum atomic E-state index is -0.349. The van der Waals surface area contributed by atoms with E-state index in [9.17, 15) is 4.79 Å². The number of nitrogen functional groups attached to an aromatic ring is 1. The van der Waals surface area contributed by atoms with Gasteiger partial charge in [0.25, 0.3) is 5.91 Å².